The predicted octanol–water partition coefficient (Wildman–Crippen LogP) is -6.69. The van der Waals surface area contributed by atoms with Crippen molar-refractivity contribution in [2.24, 2.45) is 0 Å². The van der Waals surface area contributed by atoms with Crippen LogP contribution in [0.2, 0.25) is 0 Å². The Balaban J connectivity index is -0.0000000300. The van der Waals surface area contributed by atoms with Gasteiger partial charge in [-0.2, -0.15) is 0 Å². The Hall–Kier alpha value is 0.363. The van der Waals surface area contributed by atoms with Crippen molar-refractivity contribution in [3.05, 3.63) is 0 Å². The second-order valence-corrected chi connectivity index (χ2v) is 0.742. The molecule has 0 heterocycles. The molecule has 48 valence electrons. The minimum Gasteiger partial charge on any atom is -0.652 e. The van der Waals surface area contributed by atoms with Gasteiger partial charge in [-0.05, 0) is 13.1 Å². The quantitative estimate of drug-likeness (QED) is 0.367. The van der Waals surface area contributed by atoms with Gasteiger partial charge in [0, 0.05) is 5.97 Å². The Labute approximate surface area is 92.5 Å². The summed E-state index contributed by atoms with van der Waals surface area (Å²) in [7, 11) is 0. The Morgan fingerprint density at radius 3 is 1.10 bits per heavy atom. The van der Waals surface area contributed by atoms with Gasteiger partial charge in [0.25, 0.3) is 0 Å². The van der Waals surface area contributed by atoms with Crippen molar-refractivity contribution in [2.45, 2.75) is 6.92 Å². The largest absolute Gasteiger partial charge is 2.00 e. The number of aliphatic carboxylic acids is 1. The van der Waals surface area contributed by atoms with Crippen LogP contribution in [0.5, 0.6) is 0 Å². The SMILES string of the molecule is CC(=O)[O-].O=C([O-])[O-].[Na+].[Zn+2]. The molecule has 10 heavy (non-hydrogen) atoms. The number of carboxylic acids is 1. The molecule has 0 bridgehead atoms. The topological polar surface area (TPSA) is 103 Å². The number of rotatable bonds is 0. The van der Waals surface area contributed by atoms with E-state index in [9.17, 15) is 0 Å². The molecule has 0 spiro atoms. The first-order chi connectivity index (χ1) is 3.46. The second-order valence-electron chi connectivity index (χ2n) is 0.742. The van der Waals surface area contributed by atoms with Gasteiger partial charge in [0.2, 0.25) is 0 Å². The summed E-state index contributed by atoms with van der Waals surface area (Å²) in [5.41, 5.74) is 0. The van der Waals surface area contributed by atoms with Crippen molar-refractivity contribution in [3.63, 3.8) is 0 Å². The zero-order valence-corrected chi connectivity index (χ0v) is 10.7. The predicted molar refractivity (Wildman–Crippen MR) is 16.1 cm³/mol. The van der Waals surface area contributed by atoms with Gasteiger partial charge in [-0.15, -0.1) is 0 Å². The van der Waals surface area contributed by atoms with Gasteiger partial charge < -0.3 is 24.9 Å². The summed E-state index contributed by atoms with van der Waals surface area (Å²) in [4.78, 5) is 17.2. The van der Waals surface area contributed by atoms with Crippen LogP contribution in [0.25, 0.3) is 0 Å². The number of hydrogen-bond donors (Lipinski definition) is 0. The van der Waals surface area contributed by atoms with Crippen LogP contribution in [0.4, 0.5) is 4.79 Å². The molecule has 5 nitrogen and oxygen atoms in total. The number of hydrogen-bond acceptors (Lipinski definition) is 5. The second kappa shape index (κ2) is 16.2. The summed E-state index contributed by atoms with van der Waals surface area (Å²) >= 11 is 0. The third-order valence-electron chi connectivity index (χ3n) is 0. The van der Waals surface area contributed by atoms with E-state index in [1.807, 2.05) is 0 Å². The van der Waals surface area contributed by atoms with Gasteiger partial charge in [-0.3, -0.25) is 0 Å². The summed E-state index contributed by atoms with van der Waals surface area (Å²) in [5.74, 6) is -1.08. The van der Waals surface area contributed by atoms with Gasteiger partial charge in [0.1, 0.15) is 0 Å². The molecule has 0 rings (SSSR count). The van der Waals surface area contributed by atoms with E-state index in [2.05, 4.69) is 0 Å². The molecule has 0 unspecified atom stereocenters. The van der Waals surface area contributed by atoms with Crippen molar-refractivity contribution in [1.29, 1.82) is 0 Å². The average Bonchev–Trinajstić information content (AvgIpc) is 1.25. The first-order valence-electron chi connectivity index (χ1n) is 1.52. The molecule has 0 fully saturated rings. The Morgan fingerprint density at radius 1 is 1.10 bits per heavy atom. The summed E-state index contributed by atoms with van der Waals surface area (Å²) in [6.45, 7) is 0.972. The minimum absolute atomic E-state index is 0. The maximum atomic E-state index is 8.89. The molecule has 0 saturated carbocycles. The molecule has 0 aromatic heterocycles. The number of carboxylic acid groups (broad SMARTS) is 3. The van der Waals surface area contributed by atoms with Gasteiger partial charge in [-0.1, -0.05) is 0 Å². The van der Waals surface area contributed by atoms with E-state index in [1.165, 1.54) is 0 Å². The molecule has 0 aromatic rings. The smallest absolute Gasteiger partial charge is 0.652 e. The fourth-order valence-electron chi connectivity index (χ4n) is 0. The average molecular weight is 207 g/mol. The van der Waals surface area contributed by atoms with Crippen molar-refractivity contribution >= 4 is 12.1 Å². The molecule has 0 aliphatic carbocycles. The molecular weight excluding hydrogens is 204 g/mol. The first kappa shape index (κ1) is 22.4. The molecule has 0 N–H and O–H groups in total. The molecule has 0 aliphatic heterocycles. The van der Waals surface area contributed by atoms with Crippen molar-refractivity contribution in [1.82, 2.24) is 0 Å². The summed E-state index contributed by atoms with van der Waals surface area (Å²) in [5, 5.41) is 25.6. The Bertz CT molecular complexity index is 74.9. The first-order valence-corrected chi connectivity index (χ1v) is 1.52. The molecule has 0 radical (unpaired) electrons. The Morgan fingerprint density at radius 2 is 1.10 bits per heavy atom. The van der Waals surface area contributed by atoms with E-state index in [4.69, 9.17) is 24.9 Å². The minimum atomic E-state index is -2.33. The van der Waals surface area contributed by atoms with Crippen LogP contribution >= 0.6 is 0 Å². The maximum Gasteiger partial charge on any atom is 2.00 e. The molecule has 7 heteroatoms. The van der Waals surface area contributed by atoms with Crippen LogP contribution < -0.4 is 44.9 Å². The maximum absolute atomic E-state index is 8.89. The fraction of sp³-hybridized carbons (Fsp3) is 0.333. The van der Waals surface area contributed by atoms with Crippen LogP contribution in [0.1, 0.15) is 6.92 Å². The van der Waals surface area contributed by atoms with Crippen LogP contribution in [0, 0.1) is 0 Å². The molecule has 0 saturated heterocycles. The van der Waals surface area contributed by atoms with E-state index < -0.39 is 12.1 Å². The van der Waals surface area contributed by atoms with Crippen LogP contribution in [-0.4, -0.2) is 12.1 Å². The summed E-state index contributed by atoms with van der Waals surface area (Å²) in [6, 6.07) is 0. The number of carbonyl (C=O) groups is 2. The number of carbonyl (C=O) groups excluding carboxylic acids is 2. The monoisotopic (exact) mass is 206 g/mol. The normalized spacial score (nSPS) is 4.90. The standard InChI is InChI=1S/C2H4O2.CH2O3.Na.Zn/c1-2(3)4;2-1(3)4;;/h1H3,(H,3,4);(H2,2,3,4);;/q;;+1;+2/p-3. The van der Waals surface area contributed by atoms with E-state index in [0.29, 0.717) is 0 Å². The molecule has 0 aliphatic rings. The fourth-order valence-corrected chi connectivity index (χ4v) is 0. The van der Waals surface area contributed by atoms with Crippen molar-refractivity contribution in [2.75, 3.05) is 0 Å². The third-order valence-corrected chi connectivity index (χ3v) is 0. The van der Waals surface area contributed by atoms with Crippen molar-refractivity contribution in [3.8, 4) is 0 Å². The van der Waals surface area contributed by atoms with E-state index in [1.54, 1.807) is 0 Å². The van der Waals surface area contributed by atoms with Crippen LogP contribution in [-0.2, 0) is 24.3 Å². The van der Waals surface area contributed by atoms with Crippen molar-refractivity contribution < 1.29 is 73.9 Å². The zero-order chi connectivity index (χ0) is 7.15. The summed E-state index contributed by atoms with van der Waals surface area (Å²) < 4.78 is 0. The van der Waals surface area contributed by atoms with Crippen LogP contribution in [0.3, 0.4) is 0 Å². The van der Waals surface area contributed by atoms with Gasteiger partial charge in [0.05, 0.1) is 0 Å². The molecule has 0 aromatic carbocycles. The van der Waals surface area contributed by atoms with Crippen LogP contribution in [0.15, 0.2) is 0 Å². The van der Waals surface area contributed by atoms with Gasteiger partial charge in [0.15, 0.2) is 0 Å². The molecule has 0 atom stereocenters. The van der Waals surface area contributed by atoms with Gasteiger partial charge >= 0.3 is 49.0 Å². The summed E-state index contributed by atoms with van der Waals surface area (Å²) in [6.07, 6.45) is -2.33. The van der Waals surface area contributed by atoms with E-state index in [-0.39, 0.29) is 49.0 Å². The van der Waals surface area contributed by atoms with E-state index in [0.717, 1.165) is 6.92 Å². The molecular formula is C3H3NaO5Zn. The molecule has 0 amide bonds. The zero-order valence-electron chi connectivity index (χ0n) is 5.75. The van der Waals surface area contributed by atoms with Gasteiger partial charge in [-0.25, -0.2) is 0 Å². The Kier molecular flexibility index (Phi) is 36.3. The van der Waals surface area contributed by atoms with E-state index >= 15 is 0 Å². The third kappa shape index (κ3) is 3430.